The Morgan fingerprint density at radius 2 is 1.95 bits per heavy atom. The number of hydrogen-bond donors (Lipinski definition) is 1. The van der Waals surface area contributed by atoms with E-state index in [4.69, 9.17) is 14.2 Å². The predicted octanol–water partition coefficient (Wildman–Crippen LogP) is 0.981. The predicted molar refractivity (Wildman–Crippen MR) is 77.9 cm³/mol. The summed E-state index contributed by atoms with van der Waals surface area (Å²) in [6, 6.07) is 0. The van der Waals surface area contributed by atoms with Crippen molar-refractivity contribution in [3.63, 3.8) is 0 Å². The third-order valence-electron chi connectivity index (χ3n) is 3.09. The van der Waals surface area contributed by atoms with Gasteiger partial charge in [0.05, 0.1) is 26.0 Å². The summed E-state index contributed by atoms with van der Waals surface area (Å²) < 4.78 is 17.5. The lowest BCUT2D eigenvalue weighted by Gasteiger charge is -2.07. The lowest BCUT2D eigenvalue weighted by atomic mass is 10.2. The van der Waals surface area contributed by atoms with Crippen LogP contribution in [-0.2, 0) is 27.3 Å². The molecule has 1 rings (SSSR count). The van der Waals surface area contributed by atoms with E-state index in [2.05, 4.69) is 17.3 Å². The molecule has 6 nitrogen and oxygen atoms in total. The average molecular weight is 285 g/mol. The second kappa shape index (κ2) is 10.8. The molecule has 6 heteroatoms. The monoisotopic (exact) mass is 285 g/mol. The third-order valence-corrected chi connectivity index (χ3v) is 3.09. The van der Waals surface area contributed by atoms with Gasteiger partial charge in [-0.1, -0.05) is 0 Å². The molecule has 0 atom stereocenters. The van der Waals surface area contributed by atoms with Gasteiger partial charge in [-0.25, -0.2) is 0 Å². The van der Waals surface area contributed by atoms with E-state index in [1.54, 1.807) is 14.2 Å². The van der Waals surface area contributed by atoms with Crippen LogP contribution in [0.1, 0.15) is 17.7 Å². The minimum absolute atomic E-state index is 0.683. The Morgan fingerprint density at radius 3 is 2.70 bits per heavy atom. The number of nitrogens with one attached hydrogen (secondary N) is 1. The first kappa shape index (κ1) is 17.1. The lowest BCUT2D eigenvalue weighted by Crippen LogP contribution is -2.19. The van der Waals surface area contributed by atoms with Crippen LogP contribution in [0.5, 0.6) is 0 Å². The van der Waals surface area contributed by atoms with Gasteiger partial charge in [-0.3, -0.25) is 4.68 Å². The quantitative estimate of drug-likeness (QED) is 0.580. The van der Waals surface area contributed by atoms with Gasteiger partial charge in [-0.2, -0.15) is 5.10 Å². The van der Waals surface area contributed by atoms with Gasteiger partial charge in [0.2, 0.25) is 0 Å². The maximum Gasteiger partial charge on any atom is 0.0662 e. The van der Waals surface area contributed by atoms with Crippen molar-refractivity contribution in [2.75, 3.05) is 47.2 Å². The zero-order valence-electron chi connectivity index (χ0n) is 12.9. The Bertz CT molecular complexity index is 355. The van der Waals surface area contributed by atoms with E-state index in [-0.39, 0.29) is 0 Å². The minimum atomic E-state index is 0.683. The topological polar surface area (TPSA) is 57.5 Å². The second-order valence-electron chi connectivity index (χ2n) is 4.61. The number of methoxy groups -OCH3 is 2. The molecule has 116 valence electrons. The molecule has 0 aliphatic heterocycles. The van der Waals surface area contributed by atoms with Gasteiger partial charge in [0, 0.05) is 51.8 Å². The van der Waals surface area contributed by atoms with Gasteiger partial charge in [0.15, 0.2) is 0 Å². The highest BCUT2D eigenvalue weighted by molar-refractivity contribution is 5.15. The van der Waals surface area contributed by atoms with Crippen LogP contribution in [-0.4, -0.2) is 57.0 Å². The summed E-state index contributed by atoms with van der Waals surface area (Å²) in [4.78, 5) is 0. The van der Waals surface area contributed by atoms with Crippen LogP contribution in [0.25, 0.3) is 0 Å². The van der Waals surface area contributed by atoms with Crippen LogP contribution in [0.4, 0.5) is 0 Å². The molecule has 0 spiro atoms. The van der Waals surface area contributed by atoms with Gasteiger partial charge in [0.25, 0.3) is 0 Å². The Hall–Kier alpha value is -0.950. The van der Waals surface area contributed by atoms with Crippen LogP contribution in [0.2, 0.25) is 0 Å². The summed E-state index contributed by atoms with van der Waals surface area (Å²) in [5.41, 5.74) is 2.41. The molecule has 0 saturated heterocycles. The first-order valence-electron chi connectivity index (χ1n) is 7.07. The molecule has 0 bridgehead atoms. The average Bonchev–Trinajstić information content (AvgIpc) is 2.80. The highest BCUT2D eigenvalue weighted by Crippen LogP contribution is 2.06. The van der Waals surface area contributed by atoms with E-state index >= 15 is 0 Å². The fraction of sp³-hybridized carbons (Fsp3) is 0.786. The van der Waals surface area contributed by atoms with Crippen molar-refractivity contribution in [1.29, 1.82) is 0 Å². The van der Waals surface area contributed by atoms with Crippen LogP contribution < -0.4 is 5.32 Å². The smallest absolute Gasteiger partial charge is 0.0662 e. The Labute approximate surface area is 121 Å². The first-order chi connectivity index (χ1) is 9.79. The van der Waals surface area contributed by atoms with E-state index in [9.17, 15) is 0 Å². The maximum atomic E-state index is 5.54. The fourth-order valence-electron chi connectivity index (χ4n) is 1.84. The molecule has 0 unspecified atom stereocenters. The largest absolute Gasteiger partial charge is 0.385 e. The second-order valence-corrected chi connectivity index (χ2v) is 4.61. The Kier molecular flexibility index (Phi) is 9.23. The SMILES string of the molecule is COCCCOCCn1ncc(CNCCOC)c1C. The van der Waals surface area contributed by atoms with Crippen molar-refractivity contribution in [3.8, 4) is 0 Å². The fourth-order valence-corrected chi connectivity index (χ4v) is 1.84. The number of nitrogens with zero attached hydrogens (tertiary/aromatic N) is 2. The molecule has 0 aliphatic rings. The van der Waals surface area contributed by atoms with Crippen LogP contribution in [0.15, 0.2) is 6.20 Å². The normalized spacial score (nSPS) is 11.2. The molecule has 1 N–H and O–H groups in total. The van der Waals surface area contributed by atoms with Crippen molar-refractivity contribution in [3.05, 3.63) is 17.5 Å². The highest BCUT2D eigenvalue weighted by Gasteiger charge is 2.05. The van der Waals surface area contributed by atoms with E-state index in [0.717, 1.165) is 45.9 Å². The van der Waals surface area contributed by atoms with Gasteiger partial charge in [-0.05, 0) is 13.3 Å². The van der Waals surface area contributed by atoms with Crippen molar-refractivity contribution in [2.45, 2.75) is 26.4 Å². The minimum Gasteiger partial charge on any atom is -0.385 e. The summed E-state index contributed by atoms with van der Waals surface area (Å²) in [5.74, 6) is 0. The van der Waals surface area contributed by atoms with Gasteiger partial charge in [-0.15, -0.1) is 0 Å². The number of ether oxygens (including phenoxy) is 3. The van der Waals surface area contributed by atoms with Crippen molar-refractivity contribution < 1.29 is 14.2 Å². The Morgan fingerprint density at radius 1 is 1.15 bits per heavy atom. The highest BCUT2D eigenvalue weighted by atomic mass is 16.5. The Balaban J connectivity index is 2.21. The molecule has 0 aromatic carbocycles. The molecular formula is C14H27N3O3. The first-order valence-corrected chi connectivity index (χ1v) is 7.07. The molecule has 0 aliphatic carbocycles. The molecular weight excluding hydrogens is 258 g/mol. The van der Waals surface area contributed by atoms with Crippen LogP contribution in [0.3, 0.4) is 0 Å². The maximum absolute atomic E-state index is 5.54. The lowest BCUT2D eigenvalue weighted by molar-refractivity contribution is 0.0958. The van der Waals surface area contributed by atoms with Gasteiger partial charge >= 0.3 is 0 Å². The number of rotatable bonds is 12. The molecule has 0 amide bonds. The molecule has 1 heterocycles. The van der Waals surface area contributed by atoms with E-state index < -0.39 is 0 Å². The standard InChI is InChI=1S/C14H27N3O3/c1-13-14(11-15-5-9-19-3)12-16-17(13)6-10-20-8-4-7-18-2/h12,15H,4-11H2,1-3H3. The zero-order valence-corrected chi connectivity index (χ0v) is 12.9. The van der Waals surface area contributed by atoms with Crippen LogP contribution in [0, 0.1) is 6.92 Å². The summed E-state index contributed by atoms with van der Waals surface area (Å²) in [6.45, 7) is 7.44. The summed E-state index contributed by atoms with van der Waals surface area (Å²) in [6.07, 6.45) is 2.85. The van der Waals surface area contributed by atoms with Crippen molar-refractivity contribution in [2.24, 2.45) is 0 Å². The molecule has 1 aromatic heterocycles. The summed E-state index contributed by atoms with van der Waals surface area (Å²) in [7, 11) is 3.41. The third kappa shape index (κ3) is 6.47. The molecule has 0 saturated carbocycles. The molecule has 0 radical (unpaired) electrons. The molecule has 20 heavy (non-hydrogen) atoms. The van der Waals surface area contributed by atoms with Gasteiger partial charge < -0.3 is 19.5 Å². The number of hydrogen-bond acceptors (Lipinski definition) is 5. The molecule has 0 fully saturated rings. The van der Waals surface area contributed by atoms with Gasteiger partial charge in [0.1, 0.15) is 0 Å². The molecule has 1 aromatic rings. The zero-order chi connectivity index (χ0) is 14.6. The number of aromatic nitrogens is 2. The summed E-state index contributed by atoms with van der Waals surface area (Å²) in [5, 5.41) is 7.71. The van der Waals surface area contributed by atoms with E-state index in [1.807, 2.05) is 10.9 Å². The van der Waals surface area contributed by atoms with E-state index in [1.165, 1.54) is 11.3 Å². The van der Waals surface area contributed by atoms with E-state index in [0.29, 0.717) is 6.61 Å². The van der Waals surface area contributed by atoms with Crippen molar-refractivity contribution >= 4 is 0 Å². The summed E-state index contributed by atoms with van der Waals surface area (Å²) >= 11 is 0. The van der Waals surface area contributed by atoms with Crippen LogP contribution >= 0.6 is 0 Å². The van der Waals surface area contributed by atoms with Crippen molar-refractivity contribution in [1.82, 2.24) is 15.1 Å².